The molecule has 1 aromatic carbocycles. The normalized spacial score (nSPS) is 18.2. The molecule has 0 spiro atoms. The highest BCUT2D eigenvalue weighted by Crippen LogP contribution is 2.25. The van der Waals surface area contributed by atoms with E-state index in [-0.39, 0.29) is 5.91 Å². The highest BCUT2D eigenvalue weighted by Gasteiger charge is 2.26. The van der Waals surface area contributed by atoms with Crippen LogP contribution >= 0.6 is 0 Å². The van der Waals surface area contributed by atoms with Gasteiger partial charge in [-0.3, -0.25) is 9.59 Å². The zero-order valence-corrected chi connectivity index (χ0v) is 13.1. The third-order valence-electron chi connectivity index (χ3n) is 4.16. The molecule has 1 amide bonds. The van der Waals surface area contributed by atoms with Crippen LogP contribution < -0.4 is 5.32 Å². The maximum absolute atomic E-state index is 12.2. The molecule has 1 aliphatic rings. The molecule has 1 fully saturated rings. The Morgan fingerprint density at radius 3 is 2.82 bits per heavy atom. The van der Waals surface area contributed by atoms with Gasteiger partial charge in [-0.05, 0) is 44.4 Å². The summed E-state index contributed by atoms with van der Waals surface area (Å²) in [6.07, 6.45) is 1.38. The Balaban J connectivity index is 1.92. The van der Waals surface area contributed by atoms with Gasteiger partial charge in [-0.1, -0.05) is 12.1 Å². The zero-order valence-electron chi connectivity index (χ0n) is 13.1. The van der Waals surface area contributed by atoms with Gasteiger partial charge in [0.1, 0.15) is 0 Å². The molecule has 5 nitrogen and oxygen atoms in total. The molecule has 1 saturated heterocycles. The first kappa shape index (κ1) is 16.5. The summed E-state index contributed by atoms with van der Waals surface area (Å²) in [4.78, 5) is 23.2. The molecule has 1 unspecified atom stereocenters. The van der Waals surface area contributed by atoms with E-state index in [1.54, 1.807) is 19.9 Å². The zero-order chi connectivity index (χ0) is 16.2. The molecule has 0 aliphatic carbocycles. The van der Waals surface area contributed by atoms with Gasteiger partial charge in [-0.2, -0.15) is 0 Å². The number of carboxylic acid groups (broad SMARTS) is 1. The molecule has 2 rings (SSSR count). The Labute approximate surface area is 130 Å². The number of rotatable bonds is 6. The van der Waals surface area contributed by atoms with Crippen LogP contribution in [0.15, 0.2) is 24.3 Å². The fourth-order valence-corrected chi connectivity index (χ4v) is 2.43. The quantitative estimate of drug-likeness (QED) is 0.846. The maximum atomic E-state index is 12.2. The van der Waals surface area contributed by atoms with Crippen LogP contribution in [0.5, 0.6) is 0 Å². The van der Waals surface area contributed by atoms with Crippen LogP contribution in [0.4, 0.5) is 0 Å². The number of hydrogen-bond donors (Lipinski definition) is 2. The number of benzene rings is 1. The van der Waals surface area contributed by atoms with E-state index in [2.05, 4.69) is 5.32 Å². The molecule has 2 N–H and O–H groups in total. The highest BCUT2D eigenvalue weighted by molar-refractivity contribution is 5.94. The van der Waals surface area contributed by atoms with Gasteiger partial charge in [0.2, 0.25) is 0 Å². The van der Waals surface area contributed by atoms with E-state index in [1.807, 2.05) is 18.2 Å². The molecule has 1 aliphatic heterocycles. The fraction of sp³-hybridized carbons (Fsp3) is 0.529. The monoisotopic (exact) mass is 305 g/mol. The topological polar surface area (TPSA) is 75.6 Å². The van der Waals surface area contributed by atoms with Gasteiger partial charge in [0.05, 0.1) is 12.0 Å². The summed E-state index contributed by atoms with van der Waals surface area (Å²) in [5, 5.41) is 11.9. The molecule has 0 bridgehead atoms. The highest BCUT2D eigenvalue weighted by atomic mass is 16.5. The molecule has 1 heterocycles. The second kappa shape index (κ2) is 6.92. The van der Waals surface area contributed by atoms with Crippen LogP contribution in [0.25, 0.3) is 0 Å². The van der Waals surface area contributed by atoms with Crippen LogP contribution in [0.1, 0.15) is 48.5 Å². The van der Waals surface area contributed by atoms with Gasteiger partial charge in [-0.25, -0.2) is 0 Å². The first-order valence-electron chi connectivity index (χ1n) is 7.59. The summed E-state index contributed by atoms with van der Waals surface area (Å²) < 4.78 is 5.38. The Morgan fingerprint density at radius 1 is 1.41 bits per heavy atom. The van der Waals surface area contributed by atoms with Crippen molar-refractivity contribution >= 4 is 11.9 Å². The number of ether oxygens (including phenoxy) is 1. The van der Waals surface area contributed by atoms with Crippen LogP contribution in [0.2, 0.25) is 0 Å². The van der Waals surface area contributed by atoms with Crippen molar-refractivity contribution in [1.82, 2.24) is 5.32 Å². The smallest absolute Gasteiger partial charge is 0.309 e. The molecule has 0 saturated carbocycles. The van der Waals surface area contributed by atoms with Gasteiger partial charge in [0, 0.05) is 24.6 Å². The molecular weight excluding hydrogens is 282 g/mol. The summed E-state index contributed by atoms with van der Waals surface area (Å²) in [6.45, 7) is 5.13. The number of hydrogen-bond acceptors (Lipinski definition) is 3. The minimum Gasteiger partial charge on any atom is -0.481 e. The predicted molar refractivity (Wildman–Crippen MR) is 83.0 cm³/mol. The average molecular weight is 305 g/mol. The van der Waals surface area contributed by atoms with Crippen LogP contribution in [-0.2, 0) is 9.53 Å². The standard InChI is InChI=1S/C17H23NO4/c1-17(2,16(20)21)7-8-18-15(19)13-5-3-4-12(10-13)14-6-9-22-11-14/h3-5,10,14H,6-9,11H2,1-2H3,(H,18,19)(H,20,21). The van der Waals surface area contributed by atoms with Gasteiger partial charge >= 0.3 is 5.97 Å². The minimum absolute atomic E-state index is 0.165. The number of amides is 1. The maximum Gasteiger partial charge on any atom is 0.309 e. The van der Waals surface area contributed by atoms with Crippen molar-refractivity contribution in [2.24, 2.45) is 5.41 Å². The van der Waals surface area contributed by atoms with E-state index in [0.29, 0.717) is 31.1 Å². The lowest BCUT2D eigenvalue weighted by Crippen LogP contribution is -2.32. The third kappa shape index (κ3) is 4.07. The van der Waals surface area contributed by atoms with Gasteiger partial charge in [0.25, 0.3) is 5.91 Å². The van der Waals surface area contributed by atoms with Crippen molar-refractivity contribution in [3.05, 3.63) is 35.4 Å². The van der Waals surface area contributed by atoms with Gasteiger partial charge in [0.15, 0.2) is 0 Å². The lowest BCUT2D eigenvalue weighted by molar-refractivity contribution is -0.147. The molecule has 120 valence electrons. The van der Waals surface area contributed by atoms with Crippen molar-refractivity contribution in [3.63, 3.8) is 0 Å². The lowest BCUT2D eigenvalue weighted by atomic mass is 9.89. The van der Waals surface area contributed by atoms with E-state index in [1.165, 1.54) is 0 Å². The summed E-state index contributed by atoms with van der Waals surface area (Å²) in [7, 11) is 0. The number of aliphatic carboxylic acids is 1. The third-order valence-corrected chi connectivity index (χ3v) is 4.16. The number of nitrogens with one attached hydrogen (secondary N) is 1. The lowest BCUT2D eigenvalue weighted by Gasteiger charge is -2.19. The Kier molecular flexibility index (Phi) is 5.19. The summed E-state index contributed by atoms with van der Waals surface area (Å²) >= 11 is 0. The molecule has 5 heteroatoms. The Hall–Kier alpha value is -1.88. The van der Waals surface area contributed by atoms with E-state index < -0.39 is 11.4 Å². The summed E-state index contributed by atoms with van der Waals surface area (Å²) in [5.74, 6) is -0.661. The number of carbonyl (C=O) groups excluding carboxylic acids is 1. The van der Waals surface area contributed by atoms with E-state index in [9.17, 15) is 9.59 Å². The predicted octanol–water partition coefficient (Wildman–Crippen LogP) is 2.42. The minimum atomic E-state index is -0.857. The average Bonchev–Trinajstić information content (AvgIpc) is 3.01. The number of carbonyl (C=O) groups is 2. The number of carboxylic acids is 1. The molecule has 22 heavy (non-hydrogen) atoms. The fourth-order valence-electron chi connectivity index (χ4n) is 2.43. The summed E-state index contributed by atoms with van der Waals surface area (Å²) in [6, 6.07) is 7.57. The van der Waals surface area contributed by atoms with Crippen LogP contribution in [0.3, 0.4) is 0 Å². The SMILES string of the molecule is CC(C)(CCNC(=O)c1cccc(C2CCOC2)c1)C(=O)O. The van der Waals surface area contributed by atoms with Crippen molar-refractivity contribution in [1.29, 1.82) is 0 Å². The first-order chi connectivity index (χ1) is 10.4. The van der Waals surface area contributed by atoms with Crippen molar-refractivity contribution in [2.75, 3.05) is 19.8 Å². The largest absolute Gasteiger partial charge is 0.481 e. The molecule has 1 aromatic rings. The van der Waals surface area contributed by atoms with Crippen molar-refractivity contribution < 1.29 is 19.4 Å². The van der Waals surface area contributed by atoms with Gasteiger partial charge < -0.3 is 15.2 Å². The first-order valence-corrected chi connectivity index (χ1v) is 7.59. The molecule has 0 aromatic heterocycles. The molecule has 0 radical (unpaired) electrons. The van der Waals surface area contributed by atoms with Crippen LogP contribution in [0, 0.1) is 5.41 Å². The second-order valence-corrected chi connectivity index (χ2v) is 6.38. The van der Waals surface area contributed by atoms with Crippen molar-refractivity contribution in [3.8, 4) is 0 Å². The molecular formula is C17H23NO4. The Bertz CT molecular complexity index is 547. The Morgan fingerprint density at radius 2 is 2.18 bits per heavy atom. The second-order valence-electron chi connectivity index (χ2n) is 6.38. The summed E-state index contributed by atoms with van der Waals surface area (Å²) in [5.41, 5.74) is 0.893. The van der Waals surface area contributed by atoms with E-state index in [0.717, 1.165) is 18.6 Å². The van der Waals surface area contributed by atoms with Crippen LogP contribution in [-0.4, -0.2) is 36.7 Å². The van der Waals surface area contributed by atoms with Gasteiger partial charge in [-0.15, -0.1) is 0 Å². The van der Waals surface area contributed by atoms with Crippen molar-refractivity contribution in [2.45, 2.75) is 32.6 Å². The van der Waals surface area contributed by atoms with E-state index in [4.69, 9.17) is 9.84 Å². The van der Waals surface area contributed by atoms with E-state index >= 15 is 0 Å². The molecule has 1 atom stereocenters.